The van der Waals surface area contributed by atoms with Crippen molar-refractivity contribution in [3.63, 3.8) is 0 Å². The molecule has 0 amide bonds. The molecule has 0 spiro atoms. The number of hydrogen-bond donors (Lipinski definition) is 3. The summed E-state index contributed by atoms with van der Waals surface area (Å²) in [6.45, 7) is 3.61. The molecule has 122 valence electrons. The van der Waals surface area contributed by atoms with E-state index in [-0.39, 0.29) is 23.4 Å². The number of aliphatic hydroxyl groups is 1. The van der Waals surface area contributed by atoms with Crippen LogP contribution < -0.4 is 11.2 Å². The van der Waals surface area contributed by atoms with Gasteiger partial charge in [0.15, 0.2) is 0 Å². The topological polar surface area (TPSA) is 83.5 Å². The molecule has 0 aliphatic rings. The second kappa shape index (κ2) is 7.38. The summed E-state index contributed by atoms with van der Waals surface area (Å²) in [5, 5.41) is 19.2. The van der Waals surface area contributed by atoms with Gasteiger partial charge in [-0.15, -0.1) is 0 Å². The SMILES string of the molecule is Bc1ccc(C(=C)/C=C(/C(=O)O)c2cc(Cl)cc(CO)c2N)cc1. The molecule has 2 rings (SSSR count). The van der Waals surface area contributed by atoms with Crippen LogP contribution in [0.25, 0.3) is 11.1 Å². The van der Waals surface area contributed by atoms with Gasteiger partial charge < -0.3 is 15.9 Å². The smallest absolute Gasteiger partial charge is 0.336 e. The Morgan fingerprint density at radius 2 is 1.92 bits per heavy atom. The highest BCUT2D eigenvalue weighted by Crippen LogP contribution is 2.31. The van der Waals surface area contributed by atoms with Gasteiger partial charge in [0.25, 0.3) is 0 Å². The number of anilines is 1. The predicted octanol–water partition coefficient (Wildman–Crippen LogP) is 1.85. The average molecular weight is 342 g/mol. The second-order valence-electron chi connectivity index (χ2n) is 5.44. The first-order valence-corrected chi connectivity index (χ1v) is 7.61. The van der Waals surface area contributed by atoms with Crippen LogP contribution in [0.15, 0.2) is 49.1 Å². The van der Waals surface area contributed by atoms with E-state index < -0.39 is 5.97 Å². The molecule has 4 nitrogen and oxygen atoms in total. The first kappa shape index (κ1) is 17.9. The van der Waals surface area contributed by atoms with Crippen molar-refractivity contribution < 1.29 is 15.0 Å². The molecule has 0 fully saturated rings. The number of halogens is 1. The van der Waals surface area contributed by atoms with Crippen LogP contribution >= 0.6 is 11.6 Å². The van der Waals surface area contributed by atoms with Gasteiger partial charge in [-0.3, -0.25) is 0 Å². The number of allylic oxidation sites excluding steroid dienone is 2. The van der Waals surface area contributed by atoms with Gasteiger partial charge in [0, 0.05) is 21.8 Å². The minimum absolute atomic E-state index is 0.0322. The van der Waals surface area contributed by atoms with Crippen LogP contribution in [0.2, 0.25) is 5.02 Å². The maximum Gasteiger partial charge on any atom is 0.336 e. The van der Waals surface area contributed by atoms with E-state index in [1.54, 1.807) is 0 Å². The number of nitrogen functional groups attached to an aromatic ring is 1. The third-order valence-electron chi connectivity index (χ3n) is 3.66. The Kier molecular flexibility index (Phi) is 5.49. The number of aliphatic hydroxyl groups excluding tert-OH is 1. The number of carboxylic acid groups (broad SMARTS) is 1. The van der Waals surface area contributed by atoms with Crippen molar-refractivity contribution in [2.75, 3.05) is 5.73 Å². The zero-order chi connectivity index (χ0) is 17.9. The molecule has 4 N–H and O–H groups in total. The average Bonchev–Trinajstić information content (AvgIpc) is 2.54. The summed E-state index contributed by atoms with van der Waals surface area (Å²) in [6, 6.07) is 10.6. The molecule has 0 atom stereocenters. The van der Waals surface area contributed by atoms with Crippen LogP contribution in [0.3, 0.4) is 0 Å². The zero-order valence-electron chi connectivity index (χ0n) is 13.2. The van der Waals surface area contributed by atoms with Crippen LogP contribution in [0, 0.1) is 0 Å². The molecule has 0 saturated heterocycles. The quantitative estimate of drug-likeness (QED) is 0.335. The molecule has 0 aliphatic carbocycles. The Hall–Kier alpha value is -2.50. The third kappa shape index (κ3) is 3.88. The molecule has 2 aromatic carbocycles. The van der Waals surface area contributed by atoms with E-state index in [2.05, 4.69) is 6.58 Å². The van der Waals surface area contributed by atoms with Gasteiger partial charge in [0.1, 0.15) is 7.85 Å². The minimum Gasteiger partial charge on any atom is -0.478 e. The van der Waals surface area contributed by atoms with E-state index in [9.17, 15) is 15.0 Å². The normalized spacial score (nSPS) is 11.3. The maximum atomic E-state index is 11.7. The van der Waals surface area contributed by atoms with Crippen LogP contribution in [-0.2, 0) is 11.4 Å². The van der Waals surface area contributed by atoms with E-state index in [0.29, 0.717) is 16.2 Å². The molecule has 0 bridgehead atoms. The standard InChI is InChI=1S/C18H17BClNO3/c1-10(11-2-4-13(19)5-3-11)6-16(18(23)24)15-8-14(20)7-12(9-22)17(15)21/h2-8,22H,1,9,19,21H2,(H,23,24)/b16-6+. The summed E-state index contributed by atoms with van der Waals surface area (Å²) in [4.78, 5) is 11.7. The first-order chi connectivity index (χ1) is 11.3. The van der Waals surface area contributed by atoms with Gasteiger partial charge in [-0.2, -0.15) is 0 Å². The van der Waals surface area contributed by atoms with Crippen LogP contribution in [-0.4, -0.2) is 24.0 Å². The van der Waals surface area contributed by atoms with Gasteiger partial charge in [-0.25, -0.2) is 4.79 Å². The van der Waals surface area contributed by atoms with E-state index in [1.807, 2.05) is 32.1 Å². The van der Waals surface area contributed by atoms with Crippen LogP contribution in [0.5, 0.6) is 0 Å². The van der Waals surface area contributed by atoms with E-state index >= 15 is 0 Å². The number of carboxylic acids is 1. The number of benzene rings is 2. The van der Waals surface area contributed by atoms with Crippen LogP contribution in [0.4, 0.5) is 5.69 Å². The summed E-state index contributed by atoms with van der Waals surface area (Å²) in [6.07, 6.45) is 1.45. The van der Waals surface area contributed by atoms with Crippen LogP contribution in [0.1, 0.15) is 16.7 Å². The Bertz CT molecular complexity index is 829. The van der Waals surface area contributed by atoms with Crippen molar-refractivity contribution in [2.45, 2.75) is 6.61 Å². The third-order valence-corrected chi connectivity index (χ3v) is 3.88. The summed E-state index contributed by atoms with van der Waals surface area (Å²) < 4.78 is 0. The van der Waals surface area contributed by atoms with Crippen molar-refractivity contribution in [3.05, 3.63) is 70.8 Å². The molecule has 0 heterocycles. The maximum absolute atomic E-state index is 11.7. The fraction of sp³-hybridized carbons (Fsp3) is 0.0556. The van der Waals surface area contributed by atoms with Gasteiger partial charge in [-0.05, 0) is 29.3 Å². The Morgan fingerprint density at radius 3 is 2.46 bits per heavy atom. The predicted molar refractivity (Wildman–Crippen MR) is 101 cm³/mol. The number of carbonyl (C=O) groups is 1. The lowest BCUT2D eigenvalue weighted by atomic mass is 9.92. The molecular weight excluding hydrogens is 324 g/mol. The fourth-order valence-electron chi connectivity index (χ4n) is 2.31. The molecule has 0 unspecified atom stereocenters. The van der Waals surface area contributed by atoms with Crippen molar-refractivity contribution in [1.29, 1.82) is 0 Å². The molecule has 0 aromatic heterocycles. The lowest BCUT2D eigenvalue weighted by Gasteiger charge is -2.12. The second-order valence-corrected chi connectivity index (χ2v) is 5.88. The van der Waals surface area contributed by atoms with Gasteiger partial charge in [0.05, 0.1) is 12.2 Å². The highest BCUT2D eigenvalue weighted by molar-refractivity contribution is 6.32. The Labute approximate surface area is 146 Å². The fourth-order valence-corrected chi connectivity index (χ4v) is 2.55. The molecule has 0 radical (unpaired) electrons. The first-order valence-electron chi connectivity index (χ1n) is 7.23. The van der Waals surface area contributed by atoms with E-state index in [4.69, 9.17) is 17.3 Å². The summed E-state index contributed by atoms with van der Waals surface area (Å²) >= 11 is 6.01. The lowest BCUT2D eigenvalue weighted by molar-refractivity contribution is -0.130. The number of nitrogens with two attached hydrogens (primary N) is 1. The molecule has 24 heavy (non-hydrogen) atoms. The highest BCUT2D eigenvalue weighted by Gasteiger charge is 2.17. The van der Waals surface area contributed by atoms with Gasteiger partial charge in [-0.1, -0.05) is 47.9 Å². The number of rotatable bonds is 5. The molecule has 6 heteroatoms. The van der Waals surface area contributed by atoms with Crippen molar-refractivity contribution in [2.24, 2.45) is 0 Å². The molecule has 0 aliphatic heterocycles. The van der Waals surface area contributed by atoms with Crippen molar-refractivity contribution in [1.82, 2.24) is 0 Å². The largest absolute Gasteiger partial charge is 0.478 e. The van der Waals surface area contributed by atoms with E-state index in [0.717, 1.165) is 11.0 Å². The summed E-state index contributed by atoms with van der Waals surface area (Å²) in [5.41, 5.74) is 9.22. The molecular formula is C18H17BClNO3. The highest BCUT2D eigenvalue weighted by atomic mass is 35.5. The number of hydrogen-bond acceptors (Lipinski definition) is 3. The molecule has 0 saturated carbocycles. The Balaban J connectivity index is 2.54. The lowest BCUT2D eigenvalue weighted by Crippen LogP contribution is -2.06. The van der Waals surface area contributed by atoms with Crippen molar-refractivity contribution in [3.8, 4) is 0 Å². The Morgan fingerprint density at radius 1 is 1.29 bits per heavy atom. The van der Waals surface area contributed by atoms with Crippen molar-refractivity contribution >= 4 is 47.7 Å². The van der Waals surface area contributed by atoms with Gasteiger partial charge >= 0.3 is 5.97 Å². The van der Waals surface area contributed by atoms with E-state index in [1.165, 1.54) is 18.2 Å². The monoisotopic (exact) mass is 341 g/mol. The van der Waals surface area contributed by atoms with Gasteiger partial charge in [0.2, 0.25) is 0 Å². The summed E-state index contributed by atoms with van der Waals surface area (Å²) in [7, 11) is 1.97. The minimum atomic E-state index is -1.15. The zero-order valence-corrected chi connectivity index (χ0v) is 14.0. The molecule has 2 aromatic rings. The summed E-state index contributed by atoms with van der Waals surface area (Å²) in [5.74, 6) is -1.15. The number of aliphatic carboxylic acids is 1.